The molecule has 0 aliphatic carbocycles. The topological polar surface area (TPSA) is 24.7 Å². The van der Waals surface area contributed by atoms with Gasteiger partial charge in [-0.15, -0.1) is 6.20 Å². The third-order valence-electron chi connectivity index (χ3n) is 0.514. The zero-order chi connectivity index (χ0) is 5.11. The Kier molecular flexibility index (Phi) is 4.82. The normalized spacial score (nSPS) is 15.9. The zero-order valence-electron chi connectivity index (χ0n) is 4.23. The third-order valence-corrected chi connectivity index (χ3v) is 2.01. The van der Waals surface area contributed by atoms with Gasteiger partial charge in [0.2, 0.25) is 0 Å². The summed E-state index contributed by atoms with van der Waals surface area (Å²) in [4.78, 5) is 3.71. The van der Waals surface area contributed by atoms with E-state index < -0.39 is 0 Å². The maximum atomic E-state index is 3.88. The van der Waals surface area contributed by atoms with Crippen LogP contribution in [0.3, 0.4) is 0 Å². The first-order valence-electron chi connectivity index (χ1n) is 1.85. The molecule has 45 valence electrons. The minimum absolute atomic E-state index is 0. The van der Waals surface area contributed by atoms with Crippen molar-refractivity contribution >= 4 is 27.4 Å². The van der Waals surface area contributed by atoms with E-state index in [1.807, 2.05) is 13.1 Å². The Bertz CT molecular complexity index is 150. The first-order valence-corrected chi connectivity index (χ1v) is 3.90. The van der Waals surface area contributed by atoms with E-state index in [0.29, 0.717) is 0 Å². The van der Waals surface area contributed by atoms with Crippen molar-refractivity contribution in [3.05, 3.63) is 9.78 Å². The molecule has 0 amide bonds. The van der Waals surface area contributed by atoms with E-state index in [4.69, 9.17) is 0 Å². The molecule has 1 heterocycles. The van der Waals surface area contributed by atoms with Crippen molar-refractivity contribution in [2.24, 2.45) is 8.14 Å². The monoisotopic (exact) mass is 394 g/mol. The van der Waals surface area contributed by atoms with Crippen molar-refractivity contribution in [2.45, 2.75) is 6.92 Å². The van der Waals surface area contributed by atoms with E-state index in [-0.39, 0.29) is 41.5 Å². The predicted octanol–water partition coefficient (Wildman–Crippen LogP) is 1.92. The molecule has 1 aliphatic rings. The number of allylic oxidation sites excluding steroid dienone is 1. The van der Waals surface area contributed by atoms with Crippen LogP contribution in [0.5, 0.6) is 0 Å². The number of hydrogen-bond donors (Lipinski definition) is 0. The minimum atomic E-state index is -0.0668. The number of halogens is 1. The van der Waals surface area contributed by atoms with Crippen LogP contribution < -0.4 is 0 Å². The van der Waals surface area contributed by atoms with Crippen molar-refractivity contribution in [3.63, 3.8) is 0 Å². The molecule has 0 saturated heterocycles. The summed E-state index contributed by atoms with van der Waals surface area (Å²) < 4.78 is 5.19. The van der Waals surface area contributed by atoms with Crippen molar-refractivity contribution in [2.75, 3.05) is 0 Å². The van der Waals surface area contributed by atoms with Crippen LogP contribution in [-0.2, 0) is 20.4 Å². The van der Waals surface area contributed by atoms with Crippen molar-refractivity contribution in [3.8, 4) is 0 Å². The van der Waals surface area contributed by atoms with Crippen LogP contribution in [0.25, 0.3) is 0 Å². The fourth-order valence-corrected chi connectivity index (χ4v) is 1.12. The van der Waals surface area contributed by atoms with Gasteiger partial charge in [-0.1, -0.05) is 3.58 Å². The Hall–Kier alpha value is 0.602. The third kappa shape index (κ3) is 2.80. The van der Waals surface area contributed by atoms with Gasteiger partial charge in [-0.05, 0) is 34.3 Å². The average molecular weight is 393 g/mol. The Labute approximate surface area is 72.3 Å². The van der Waals surface area contributed by atoms with Crippen LogP contribution in [0.15, 0.2) is 17.9 Å². The number of hydrogen-bond acceptors (Lipinski definition) is 2. The first kappa shape index (κ1) is 8.60. The second-order valence-electron chi connectivity index (χ2n) is 1.11. The standard InChI is InChI=1S/C4H4IN2.Re/c1-4-2-6-3-7-5-4;/h2H,1H3;/q-1;. The number of nitrogens with zero attached hydrogens (tertiary/aromatic N) is 2. The second kappa shape index (κ2) is 4.48. The molecule has 8 heavy (non-hydrogen) atoms. The summed E-state index contributed by atoms with van der Waals surface area (Å²) in [5, 5.41) is 0. The molecule has 0 N–H and O–H groups in total. The van der Waals surface area contributed by atoms with Gasteiger partial charge in [0.15, 0.2) is 0 Å². The molecule has 0 spiro atoms. The molecular weight excluding hydrogens is 389 g/mol. The maximum Gasteiger partial charge on any atom is 0 e. The maximum absolute atomic E-state index is 3.88. The zero-order valence-corrected chi connectivity index (χ0v) is 9.10. The van der Waals surface area contributed by atoms with E-state index in [1.54, 1.807) is 0 Å². The smallest absolute Gasteiger partial charge is 0 e. The molecule has 0 bridgehead atoms. The summed E-state index contributed by atoms with van der Waals surface area (Å²) in [6.07, 6.45) is 4.36. The van der Waals surface area contributed by atoms with Crippen LogP contribution in [0.1, 0.15) is 6.92 Å². The van der Waals surface area contributed by atoms with Gasteiger partial charge in [0.05, 0.1) is 0 Å². The Morgan fingerprint density at radius 1 is 1.75 bits per heavy atom. The van der Waals surface area contributed by atoms with Crippen LogP contribution in [0.4, 0.5) is 0 Å². The van der Waals surface area contributed by atoms with Crippen LogP contribution in [0, 0.1) is 0 Å². The Morgan fingerprint density at radius 3 is 2.75 bits per heavy atom. The Balaban J connectivity index is 0.000000490. The second-order valence-corrected chi connectivity index (χ2v) is 3.78. The first-order chi connectivity index (χ1) is 3.39. The van der Waals surface area contributed by atoms with Gasteiger partial charge >= 0.3 is 0 Å². The molecule has 2 nitrogen and oxygen atoms in total. The molecule has 1 radical (unpaired) electrons. The summed E-state index contributed by atoms with van der Waals surface area (Å²) in [6.45, 7) is 2.04. The summed E-state index contributed by atoms with van der Waals surface area (Å²) in [7, 11) is 0. The number of rotatable bonds is 0. The summed E-state index contributed by atoms with van der Waals surface area (Å²) in [5.41, 5.74) is 0. The van der Waals surface area contributed by atoms with Gasteiger partial charge in [-0.2, -0.15) is 0 Å². The fourth-order valence-electron chi connectivity index (χ4n) is 0.247. The van der Waals surface area contributed by atoms with E-state index in [2.05, 4.69) is 14.5 Å². The van der Waals surface area contributed by atoms with Crippen LogP contribution in [-0.4, -0.2) is 6.34 Å². The number of aliphatic imine (C=N–C) groups is 1. The molecule has 4 heteroatoms. The summed E-state index contributed by atoms with van der Waals surface area (Å²) >= 11 is -0.0668. The van der Waals surface area contributed by atoms with Gasteiger partial charge in [0, 0.05) is 20.4 Å². The van der Waals surface area contributed by atoms with Gasteiger partial charge in [0.1, 0.15) is 0 Å². The molecule has 1 aliphatic heterocycles. The molecule has 0 aromatic heterocycles. The molecule has 0 fully saturated rings. The fraction of sp³-hybridized carbons (Fsp3) is 0.250. The van der Waals surface area contributed by atoms with Crippen molar-refractivity contribution in [1.82, 2.24) is 0 Å². The SMILES string of the molecule is CC1=CN=[C-]N=I1.[Re]. The van der Waals surface area contributed by atoms with E-state index in [0.717, 1.165) is 0 Å². The average Bonchev–Trinajstić information content (AvgIpc) is 1.69. The van der Waals surface area contributed by atoms with Gasteiger partial charge < -0.3 is 8.14 Å². The van der Waals surface area contributed by atoms with Crippen LogP contribution in [0.2, 0.25) is 0 Å². The van der Waals surface area contributed by atoms with Gasteiger partial charge in [-0.3, -0.25) is 0 Å². The predicted molar refractivity (Wildman–Crippen MR) is 37.6 cm³/mol. The van der Waals surface area contributed by atoms with E-state index >= 15 is 0 Å². The molecular formula is C4H4IN2Re-. The quantitative estimate of drug-likeness (QED) is 0.444. The molecule has 0 saturated carbocycles. The van der Waals surface area contributed by atoms with Gasteiger partial charge in [-0.25, -0.2) is 0 Å². The summed E-state index contributed by atoms with van der Waals surface area (Å²) in [5.74, 6) is 0. The largest absolute Gasteiger partial charge is 0.438 e. The molecule has 0 aromatic rings. The molecule has 0 unspecified atom stereocenters. The van der Waals surface area contributed by atoms with Crippen molar-refractivity contribution in [1.29, 1.82) is 0 Å². The molecule has 0 aromatic carbocycles. The molecule has 0 atom stereocenters. The van der Waals surface area contributed by atoms with Crippen molar-refractivity contribution < 1.29 is 20.4 Å². The molecule has 1 rings (SSSR count). The minimum Gasteiger partial charge on any atom is -0.438 e. The summed E-state index contributed by atoms with van der Waals surface area (Å²) in [6, 6.07) is 0. The van der Waals surface area contributed by atoms with E-state index in [9.17, 15) is 0 Å². The van der Waals surface area contributed by atoms with E-state index in [1.165, 1.54) is 3.58 Å². The Morgan fingerprint density at radius 2 is 2.50 bits per heavy atom. The van der Waals surface area contributed by atoms with Gasteiger partial charge in [0.25, 0.3) is 0 Å². The van der Waals surface area contributed by atoms with Crippen LogP contribution >= 0.6 is 21.0 Å².